The molecule has 0 unspecified atom stereocenters. The number of amides is 3. The van der Waals surface area contributed by atoms with Crippen molar-refractivity contribution in [2.24, 2.45) is 0 Å². The molecule has 0 aromatic heterocycles. The zero-order valence-corrected chi connectivity index (χ0v) is 65.5. The molecule has 111 heavy (non-hydrogen) atoms. The minimum absolute atomic E-state index is 0.0173. The number of carbonyl (C=O) groups excluding carboxylic acids is 4. The van der Waals surface area contributed by atoms with E-state index in [4.69, 9.17) is 53.5 Å². The Morgan fingerprint density at radius 1 is 0.387 bits per heavy atom. The van der Waals surface area contributed by atoms with Gasteiger partial charge in [0.05, 0.1) is 90.6 Å². The quantitative estimate of drug-likeness (QED) is 0.0271. The van der Waals surface area contributed by atoms with E-state index in [9.17, 15) is 78.1 Å². The molecule has 0 saturated carbocycles. The highest BCUT2D eigenvalue weighted by Gasteiger charge is 2.55. The van der Waals surface area contributed by atoms with Crippen LogP contribution in [0.1, 0.15) is 48.9 Å². The van der Waals surface area contributed by atoms with Gasteiger partial charge in [-0.15, -0.1) is 0 Å². The smallest absolute Gasteiger partial charge is 0.339 e. The molecule has 0 aliphatic carbocycles. The highest BCUT2D eigenvalue weighted by atomic mass is 32.2. The predicted octanol–water partition coefficient (Wildman–Crippen LogP) is 2.11. The number of hydrogen-bond acceptors (Lipinski definition) is 30. The molecule has 604 valence electrons. The lowest BCUT2D eigenvalue weighted by molar-refractivity contribution is -0.135. The number of esters is 1. The second kappa shape index (κ2) is 34.1. The van der Waals surface area contributed by atoms with Gasteiger partial charge in [0.15, 0.2) is 53.6 Å². The number of carbonyl (C=O) groups is 4. The average molecular weight is 1690 g/mol. The summed E-state index contributed by atoms with van der Waals surface area (Å²) in [5, 5.41) is 27.5. The van der Waals surface area contributed by atoms with E-state index < -0.39 is 126 Å². The van der Waals surface area contributed by atoms with E-state index in [-0.39, 0.29) is 169 Å². The maximum absolute atomic E-state index is 13.3. The van der Waals surface area contributed by atoms with Crippen molar-refractivity contribution >= 4 is 93.1 Å². The fourth-order valence-corrected chi connectivity index (χ4v) is 25.2. The molecular formula is C68H80N6O30S7. The topological polar surface area (TPSA) is 497 Å². The molecule has 6 aliphatic rings. The average Bonchev–Trinajstić information content (AvgIpc) is 0.769. The van der Waals surface area contributed by atoms with Crippen molar-refractivity contribution in [3.63, 3.8) is 0 Å². The van der Waals surface area contributed by atoms with Gasteiger partial charge in [-0.2, -0.15) is 12.9 Å². The lowest BCUT2D eigenvalue weighted by atomic mass is 9.98. The van der Waals surface area contributed by atoms with E-state index in [1.807, 2.05) is 0 Å². The second-order valence-corrected chi connectivity index (χ2v) is 40.5. The summed E-state index contributed by atoms with van der Waals surface area (Å²) in [5.74, 6) is -2.30. The Bertz CT molecular complexity index is 5260. The molecule has 12 rings (SSSR count). The third kappa shape index (κ3) is 16.9. The summed E-state index contributed by atoms with van der Waals surface area (Å²) < 4.78 is 228. The first kappa shape index (κ1) is 84.9. The van der Waals surface area contributed by atoms with Crippen LogP contribution >= 0.6 is 0 Å². The number of nitrogens with one attached hydrogen (secondary N) is 3. The first-order chi connectivity index (χ1) is 52.5. The van der Waals surface area contributed by atoms with Gasteiger partial charge in [0.2, 0.25) is 30.1 Å². The molecule has 3 amide bonds. The van der Waals surface area contributed by atoms with Crippen LogP contribution < -0.4 is 40.1 Å². The van der Waals surface area contributed by atoms with Crippen molar-refractivity contribution in [2.45, 2.75) is 105 Å². The molecule has 6 fully saturated rings. The monoisotopic (exact) mass is 1680 g/mol. The minimum Gasteiger partial charge on any atom is -0.497 e. The van der Waals surface area contributed by atoms with Gasteiger partial charge in [0, 0.05) is 52.0 Å². The second-order valence-electron chi connectivity index (χ2n) is 26.0. The van der Waals surface area contributed by atoms with Crippen LogP contribution in [0, 0.1) is 0 Å². The van der Waals surface area contributed by atoms with Gasteiger partial charge in [-0.3, -0.25) is 30.0 Å². The molecular weight excluding hydrogens is 1610 g/mol. The van der Waals surface area contributed by atoms with E-state index in [1.54, 1.807) is 6.07 Å². The minimum atomic E-state index is -4.19. The first-order valence-electron chi connectivity index (χ1n) is 33.8. The van der Waals surface area contributed by atoms with Gasteiger partial charge in [0.25, 0.3) is 17.7 Å². The number of hydrogen-bond donors (Lipinski definition) is 6. The molecule has 0 atom stereocenters. The molecule has 0 radical (unpaired) electrons. The number of nitrogens with zero attached hydrogens (tertiary/aromatic N) is 3. The Balaban J connectivity index is 0.000000177. The van der Waals surface area contributed by atoms with Crippen molar-refractivity contribution in [3.8, 4) is 28.7 Å². The lowest BCUT2D eigenvalue weighted by Gasteiger charge is -2.38. The number of ether oxygens (including phenoxy) is 9. The molecule has 0 spiro atoms. The van der Waals surface area contributed by atoms with Crippen LogP contribution in [0.4, 0.5) is 0 Å². The number of methoxy groups -OCH3 is 3. The fraction of sp³-hybridized carbons (Fsp3) is 0.412. The summed E-state index contributed by atoms with van der Waals surface area (Å²) in [6, 6.07) is 31.9. The third-order valence-corrected chi connectivity index (χ3v) is 34.0. The number of rotatable bonds is 25. The molecule has 6 aromatic carbocycles. The number of sulfonamides is 3. The van der Waals surface area contributed by atoms with Crippen LogP contribution in [0.2, 0.25) is 0 Å². The van der Waals surface area contributed by atoms with Gasteiger partial charge in [-0.05, 0) is 148 Å². The van der Waals surface area contributed by atoms with Gasteiger partial charge in [-0.1, -0.05) is 24.3 Å². The fourth-order valence-electron chi connectivity index (χ4n) is 13.0. The van der Waals surface area contributed by atoms with Crippen molar-refractivity contribution in [3.05, 3.63) is 145 Å². The van der Waals surface area contributed by atoms with Crippen LogP contribution in [0.3, 0.4) is 0 Å². The summed E-state index contributed by atoms with van der Waals surface area (Å²) in [6.45, 7) is 0.499. The summed E-state index contributed by atoms with van der Waals surface area (Å²) >= 11 is 0. The van der Waals surface area contributed by atoms with Crippen LogP contribution in [0.15, 0.2) is 174 Å². The van der Waals surface area contributed by atoms with Crippen LogP contribution in [0.25, 0.3) is 0 Å². The Kier molecular flexibility index (Phi) is 26.1. The molecule has 36 nitrogen and oxygen atoms in total. The number of sulfone groups is 4. The molecule has 6 aliphatic heterocycles. The molecule has 6 aromatic rings. The molecule has 6 saturated heterocycles. The summed E-state index contributed by atoms with van der Waals surface area (Å²) in [4.78, 5) is 47.9. The summed E-state index contributed by atoms with van der Waals surface area (Å²) in [6.07, 6.45) is -1.17. The van der Waals surface area contributed by atoms with E-state index >= 15 is 0 Å². The predicted molar refractivity (Wildman–Crippen MR) is 385 cm³/mol. The molecule has 0 bridgehead atoms. The Hall–Kier alpha value is -8.51. The van der Waals surface area contributed by atoms with Crippen molar-refractivity contribution < 1.29 is 136 Å². The molecule has 6 heterocycles. The zero-order chi connectivity index (χ0) is 80.8. The highest BCUT2D eigenvalue weighted by Crippen LogP contribution is 2.41. The van der Waals surface area contributed by atoms with E-state index in [1.165, 1.54) is 180 Å². The standard InChI is InChI=1S/C23H28N2O10S2.C23H26N2O10S2.C22H26N2O10S3/c1-32-17-5-8-20(33-2)21(13-17)37(30,31)25-14-18(15-25)35-16-3-6-19(7-4-16)36(28,29)23(22(26)24-27)9-11-34-12-10-23;1-33-21(26)19-4-2-3-5-20(19)37(31,32)25-14-17(15-25)35-16-6-8-18(9-7-16)36(29,30)23(22(27)24-28)10-12-34-13-11-23;1-35(27,28)19-4-2-3-5-20(19)37(31,32)24-14-17(15-24)34-16-6-8-18(9-7-16)36(29,30)22(21(25)23-26)10-12-33-13-11-22/h3-8,13,18,27H,9-12,14-15H2,1-2H3,(H,24,26);2-9,17,28H,10-15H2,1H3,(H,24,27);2-9,17,26H,10-15H2,1H3,(H,23,25). The highest BCUT2D eigenvalue weighted by molar-refractivity contribution is 7.94. The van der Waals surface area contributed by atoms with Gasteiger partial charge >= 0.3 is 5.97 Å². The number of hydroxylamine groups is 3. The largest absolute Gasteiger partial charge is 0.497 e. The summed E-state index contributed by atoms with van der Waals surface area (Å²) in [7, 11) is -24.2. The zero-order valence-electron chi connectivity index (χ0n) is 59.8. The van der Waals surface area contributed by atoms with Crippen LogP contribution in [0.5, 0.6) is 28.7 Å². The Morgan fingerprint density at radius 3 is 0.991 bits per heavy atom. The lowest BCUT2D eigenvalue weighted by Crippen LogP contribution is -2.56. The maximum atomic E-state index is 13.3. The van der Waals surface area contributed by atoms with Crippen molar-refractivity contribution in [1.29, 1.82) is 0 Å². The van der Waals surface area contributed by atoms with Crippen molar-refractivity contribution in [1.82, 2.24) is 29.4 Å². The number of benzene rings is 6. The molecule has 6 N–H and O–H groups in total. The van der Waals surface area contributed by atoms with E-state index in [0.717, 1.165) is 10.6 Å². The van der Waals surface area contributed by atoms with Crippen molar-refractivity contribution in [2.75, 3.05) is 106 Å². The Labute approximate surface area is 640 Å². The first-order valence-corrected chi connectivity index (χ1v) is 44.4. The normalized spacial score (nSPS) is 18.7. The third-order valence-electron chi connectivity index (χ3n) is 19.5. The van der Waals surface area contributed by atoms with E-state index in [0.29, 0.717) is 17.2 Å². The van der Waals surface area contributed by atoms with Gasteiger partial charge < -0.3 is 42.6 Å². The van der Waals surface area contributed by atoms with E-state index in [2.05, 4.69) is 4.74 Å². The Morgan fingerprint density at radius 2 is 0.685 bits per heavy atom. The van der Waals surface area contributed by atoms with Gasteiger partial charge in [-0.25, -0.2) is 80.2 Å². The molecule has 43 heteroatoms. The SMILES string of the molecule is COC(=O)c1ccccc1S(=O)(=O)N1CC(Oc2ccc(S(=O)(=O)C3(C(=O)NO)CCOCC3)cc2)C1.COc1ccc(OC)c(S(=O)(=O)N2CC(Oc3ccc(S(=O)(=O)C4(C(=O)NO)CCOCC4)cc3)C2)c1.CS(=O)(=O)c1ccccc1S(=O)(=O)N1CC(Oc2ccc(S(=O)(=O)C3(C(=O)NO)CCOCC3)cc2)C1. The van der Waals surface area contributed by atoms with Gasteiger partial charge in [0.1, 0.15) is 56.9 Å². The van der Waals surface area contributed by atoms with Crippen LogP contribution in [-0.4, -0.2) is 250 Å². The summed E-state index contributed by atoms with van der Waals surface area (Å²) in [5.41, 5.74) is 4.34. The maximum Gasteiger partial charge on any atom is 0.339 e. The van der Waals surface area contributed by atoms with Crippen LogP contribution in [-0.2, 0) is 103 Å².